The Labute approximate surface area is 133 Å². The topological polar surface area (TPSA) is 30.5 Å². The molecule has 0 bridgehead atoms. The Morgan fingerprint density at radius 2 is 1.77 bits per heavy atom. The highest BCUT2D eigenvalue weighted by atomic mass is 16.5. The summed E-state index contributed by atoms with van der Waals surface area (Å²) in [4.78, 5) is 0. The second-order valence-electron chi connectivity index (χ2n) is 5.82. The van der Waals surface area contributed by atoms with Crippen LogP contribution in [0.2, 0.25) is 0 Å². The second-order valence-corrected chi connectivity index (χ2v) is 5.82. The number of hydrogen-bond donors (Lipinski definition) is 1. The maximum Gasteiger partial charge on any atom is 0.161 e. The molecule has 0 radical (unpaired) electrons. The number of aryl methyl sites for hydroxylation is 2. The van der Waals surface area contributed by atoms with Crippen LogP contribution in [0.25, 0.3) is 0 Å². The van der Waals surface area contributed by atoms with Crippen molar-refractivity contribution in [1.29, 1.82) is 0 Å². The van der Waals surface area contributed by atoms with E-state index in [1.807, 2.05) is 26.0 Å². The Bertz CT molecular complexity index is 635. The standard InChI is InChI=1S/C19H25NO2/c1-13(2)22-19-11-16(8-9-18(19)21-5)12-20-17-10-14(3)6-7-15(17)4/h6-11,13,20H,12H2,1-5H3. The van der Waals surface area contributed by atoms with E-state index in [9.17, 15) is 0 Å². The lowest BCUT2D eigenvalue weighted by molar-refractivity contribution is 0.230. The van der Waals surface area contributed by atoms with E-state index >= 15 is 0 Å². The molecule has 2 aromatic carbocycles. The summed E-state index contributed by atoms with van der Waals surface area (Å²) in [5.74, 6) is 1.56. The number of nitrogens with one attached hydrogen (secondary N) is 1. The van der Waals surface area contributed by atoms with Crippen LogP contribution in [0.5, 0.6) is 11.5 Å². The Hall–Kier alpha value is -2.16. The van der Waals surface area contributed by atoms with Gasteiger partial charge in [0.2, 0.25) is 0 Å². The predicted molar refractivity (Wildman–Crippen MR) is 92.0 cm³/mol. The lowest BCUT2D eigenvalue weighted by Crippen LogP contribution is -2.08. The highest BCUT2D eigenvalue weighted by Crippen LogP contribution is 2.29. The first-order chi connectivity index (χ1) is 10.5. The molecule has 0 atom stereocenters. The molecular weight excluding hydrogens is 274 g/mol. The molecule has 2 rings (SSSR count). The lowest BCUT2D eigenvalue weighted by atomic mass is 10.1. The molecule has 0 heterocycles. The third-order valence-electron chi connectivity index (χ3n) is 3.47. The molecule has 3 nitrogen and oxygen atoms in total. The molecule has 2 aromatic rings. The zero-order valence-electron chi connectivity index (χ0n) is 14.1. The van der Waals surface area contributed by atoms with Crippen molar-refractivity contribution in [2.75, 3.05) is 12.4 Å². The summed E-state index contributed by atoms with van der Waals surface area (Å²) in [7, 11) is 1.66. The van der Waals surface area contributed by atoms with E-state index in [1.165, 1.54) is 16.8 Å². The molecule has 0 aliphatic rings. The van der Waals surface area contributed by atoms with Gasteiger partial charge in [-0.3, -0.25) is 0 Å². The van der Waals surface area contributed by atoms with Crippen molar-refractivity contribution in [3.8, 4) is 11.5 Å². The highest BCUT2D eigenvalue weighted by molar-refractivity contribution is 5.53. The van der Waals surface area contributed by atoms with Crippen LogP contribution in [0.1, 0.15) is 30.5 Å². The molecule has 1 N–H and O–H groups in total. The third-order valence-corrected chi connectivity index (χ3v) is 3.47. The zero-order chi connectivity index (χ0) is 16.1. The first-order valence-electron chi connectivity index (χ1n) is 7.64. The number of benzene rings is 2. The van der Waals surface area contributed by atoms with Crippen LogP contribution in [0, 0.1) is 13.8 Å². The van der Waals surface area contributed by atoms with E-state index in [-0.39, 0.29) is 6.10 Å². The van der Waals surface area contributed by atoms with Gasteiger partial charge in [-0.25, -0.2) is 0 Å². The van der Waals surface area contributed by atoms with Gasteiger partial charge in [0.1, 0.15) is 0 Å². The number of methoxy groups -OCH3 is 1. The van der Waals surface area contributed by atoms with Crippen LogP contribution in [0.4, 0.5) is 5.69 Å². The van der Waals surface area contributed by atoms with E-state index in [0.29, 0.717) is 0 Å². The molecule has 22 heavy (non-hydrogen) atoms. The molecular formula is C19H25NO2. The second kappa shape index (κ2) is 7.21. The summed E-state index contributed by atoms with van der Waals surface area (Å²) in [5, 5.41) is 3.49. The van der Waals surface area contributed by atoms with E-state index < -0.39 is 0 Å². The maximum atomic E-state index is 5.82. The van der Waals surface area contributed by atoms with Crippen LogP contribution in [-0.2, 0) is 6.54 Å². The summed E-state index contributed by atoms with van der Waals surface area (Å²) in [6.07, 6.45) is 0.121. The lowest BCUT2D eigenvalue weighted by Gasteiger charge is -2.16. The molecule has 0 fully saturated rings. The molecule has 0 amide bonds. The SMILES string of the molecule is COc1ccc(CNc2cc(C)ccc2C)cc1OC(C)C. The Kier molecular flexibility index (Phi) is 5.31. The van der Waals surface area contributed by atoms with Gasteiger partial charge in [-0.15, -0.1) is 0 Å². The van der Waals surface area contributed by atoms with Crippen molar-refractivity contribution < 1.29 is 9.47 Å². The van der Waals surface area contributed by atoms with Gasteiger partial charge in [-0.05, 0) is 62.6 Å². The fourth-order valence-corrected chi connectivity index (χ4v) is 2.30. The Morgan fingerprint density at radius 1 is 1.00 bits per heavy atom. The fourth-order valence-electron chi connectivity index (χ4n) is 2.30. The quantitative estimate of drug-likeness (QED) is 0.838. The summed E-state index contributed by atoms with van der Waals surface area (Å²) in [6.45, 7) is 9.00. The molecule has 0 aliphatic carbocycles. The van der Waals surface area contributed by atoms with E-state index in [0.717, 1.165) is 23.6 Å². The first-order valence-corrected chi connectivity index (χ1v) is 7.64. The predicted octanol–water partition coefficient (Wildman–Crippen LogP) is 4.71. The van der Waals surface area contributed by atoms with Crippen LogP contribution < -0.4 is 14.8 Å². The molecule has 118 valence electrons. The van der Waals surface area contributed by atoms with Gasteiger partial charge in [-0.1, -0.05) is 18.2 Å². The van der Waals surface area contributed by atoms with Crippen LogP contribution in [0.15, 0.2) is 36.4 Å². The number of ether oxygens (including phenoxy) is 2. The van der Waals surface area contributed by atoms with E-state index in [1.54, 1.807) is 7.11 Å². The van der Waals surface area contributed by atoms with Crippen molar-refractivity contribution in [3.63, 3.8) is 0 Å². The normalized spacial score (nSPS) is 10.6. The van der Waals surface area contributed by atoms with Gasteiger partial charge < -0.3 is 14.8 Å². The smallest absolute Gasteiger partial charge is 0.161 e. The van der Waals surface area contributed by atoms with Crippen molar-refractivity contribution >= 4 is 5.69 Å². The molecule has 3 heteroatoms. The average molecular weight is 299 g/mol. The number of rotatable bonds is 6. The van der Waals surface area contributed by atoms with Gasteiger partial charge in [0.15, 0.2) is 11.5 Å². The van der Waals surface area contributed by atoms with E-state index in [2.05, 4.69) is 43.4 Å². The van der Waals surface area contributed by atoms with Crippen molar-refractivity contribution in [2.24, 2.45) is 0 Å². The number of anilines is 1. The molecule has 0 saturated heterocycles. The van der Waals surface area contributed by atoms with Gasteiger partial charge >= 0.3 is 0 Å². The third kappa shape index (κ3) is 4.17. The monoisotopic (exact) mass is 299 g/mol. The number of hydrogen-bond acceptors (Lipinski definition) is 3. The maximum absolute atomic E-state index is 5.82. The summed E-state index contributed by atoms with van der Waals surface area (Å²) >= 11 is 0. The average Bonchev–Trinajstić information content (AvgIpc) is 2.48. The molecule has 0 spiro atoms. The zero-order valence-corrected chi connectivity index (χ0v) is 14.1. The summed E-state index contributed by atoms with van der Waals surface area (Å²) < 4.78 is 11.2. The van der Waals surface area contributed by atoms with Gasteiger partial charge in [0, 0.05) is 12.2 Å². The van der Waals surface area contributed by atoms with Crippen molar-refractivity contribution in [2.45, 2.75) is 40.3 Å². The van der Waals surface area contributed by atoms with Crippen LogP contribution in [0.3, 0.4) is 0 Å². The Morgan fingerprint density at radius 3 is 2.45 bits per heavy atom. The molecule has 0 aliphatic heterocycles. The van der Waals surface area contributed by atoms with Crippen LogP contribution >= 0.6 is 0 Å². The summed E-state index contributed by atoms with van der Waals surface area (Å²) in [6, 6.07) is 12.5. The minimum Gasteiger partial charge on any atom is -0.493 e. The molecule has 0 aromatic heterocycles. The van der Waals surface area contributed by atoms with Crippen molar-refractivity contribution in [1.82, 2.24) is 0 Å². The minimum absolute atomic E-state index is 0.121. The van der Waals surface area contributed by atoms with Gasteiger partial charge in [0.05, 0.1) is 13.2 Å². The van der Waals surface area contributed by atoms with Gasteiger partial charge in [0.25, 0.3) is 0 Å². The van der Waals surface area contributed by atoms with E-state index in [4.69, 9.17) is 9.47 Å². The van der Waals surface area contributed by atoms with Gasteiger partial charge in [-0.2, -0.15) is 0 Å². The van der Waals surface area contributed by atoms with Crippen molar-refractivity contribution in [3.05, 3.63) is 53.1 Å². The van der Waals surface area contributed by atoms with Crippen LogP contribution in [-0.4, -0.2) is 13.2 Å². The minimum atomic E-state index is 0.121. The molecule has 0 unspecified atom stereocenters. The highest BCUT2D eigenvalue weighted by Gasteiger charge is 2.08. The largest absolute Gasteiger partial charge is 0.493 e. The first kappa shape index (κ1) is 16.2. The molecule has 0 saturated carbocycles. The summed E-state index contributed by atoms with van der Waals surface area (Å²) in [5.41, 5.74) is 4.84. The fraction of sp³-hybridized carbons (Fsp3) is 0.368. The Balaban J connectivity index is 2.14.